The second kappa shape index (κ2) is 9.18. The molecule has 0 saturated carbocycles. The fourth-order valence-electron chi connectivity index (χ4n) is 2.76. The second-order valence-electron chi connectivity index (χ2n) is 5.98. The van der Waals surface area contributed by atoms with E-state index in [9.17, 15) is 9.59 Å². The molecule has 1 aliphatic rings. The minimum Gasteiger partial charge on any atom is -0.493 e. The van der Waals surface area contributed by atoms with Crippen LogP contribution in [-0.4, -0.2) is 30.1 Å². The maximum absolute atomic E-state index is 11.9. The summed E-state index contributed by atoms with van der Waals surface area (Å²) in [5.41, 5.74) is 2.22. The first-order chi connectivity index (χ1) is 11.1. The Bertz CT molecular complexity index is 542. The molecule has 1 aromatic rings. The lowest BCUT2D eigenvalue weighted by atomic mass is 10.1. The first kappa shape index (κ1) is 17.3. The number of unbranched alkanes of at least 4 members (excludes halogenated alkanes) is 4. The van der Waals surface area contributed by atoms with Gasteiger partial charge in [-0.2, -0.15) is 0 Å². The third-order valence-corrected chi connectivity index (χ3v) is 4.01. The normalized spacial score (nSPS) is 12.5. The highest BCUT2D eigenvalue weighted by Gasteiger charge is 2.13. The summed E-state index contributed by atoms with van der Waals surface area (Å²) < 4.78 is 5.46. The van der Waals surface area contributed by atoms with E-state index in [1.807, 2.05) is 12.1 Å². The van der Waals surface area contributed by atoms with Gasteiger partial charge in [0.2, 0.25) is 5.91 Å². The van der Waals surface area contributed by atoms with E-state index < -0.39 is 5.97 Å². The summed E-state index contributed by atoms with van der Waals surface area (Å²) in [4.78, 5) is 22.3. The molecule has 5 heteroatoms. The SMILES string of the molecule is O=C(O)CCCCCCCNC(=O)Cc1ccc2c(c1)CCO2. The molecule has 2 N–H and O–H groups in total. The second-order valence-corrected chi connectivity index (χ2v) is 5.98. The van der Waals surface area contributed by atoms with Crippen LogP contribution < -0.4 is 10.1 Å². The molecule has 1 amide bonds. The van der Waals surface area contributed by atoms with Crippen molar-refractivity contribution in [2.45, 2.75) is 51.4 Å². The first-order valence-electron chi connectivity index (χ1n) is 8.38. The number of fused-ring (bicyclic) bond motifs is 1. The Hall–Kier alpha value is -2.04. The number of benzene rings is 1. The Kier molecular flexibility index (Phi) is 6.91. The molecule has 1 aliphatic heterocycles. The van der Waals surface area contributed by atoms with Crippen LogP contribution in [0, 0.1) is 0 Å². The summed E-state index contributed by atoms with van der Waals surface area (Å²) in [6.45, 7) is 1.42. The molecule has 0 spiro atoms. The fraction of sp³-hybridized carbons (Fsp3) is 0.556. The van der Waals surface area contributed by atoms with Gasteiger partial charge >= 0.3 is 5.97 Å². The van der Waals surface area contributed by atoms with Crippen molar-refractivity contribution in [2.24, 2.45) is 0 Å². The van der Waals surface area contributed by atoms with Crippen LogP contribution in [0.1, 0.15) is 49.7 Å². The molecular formula is C18H25NO4. The lowest BCUT2D eigenvalue weighted by Crippen LogP contribution is -2.26. The van der Waals surface area contributed by atoms with Crippen LogP contribution in [0.3, 0.4) is 0 Å². The molecule has 0 atom stereocenters. The van der Waals surface area contributed by atoms with E-state index in [0.717, 1.165) is 56.4 Å². The third-order valence-electron chi connectivity index (χ3n) is 4.01. The summed E-state index contributed by atoms with van der Waals surface area (Å²) in [6, 6.07) is 5.96. The number of aliphatic carboxylic acids is 1. The molecular weight excluding hydrogens is 294 g/mol. The summed E-state index contributed by atoms with van der Waals surface area (Å²) >= 11 is 0. The van der Waals surface area contributed by atoms with Crippen LogP contribution >= 0.6 is 0 Å². The van der Waals surface area contributed by atoms with Gasteiger partial charge in [0, 0.05) is 19.4 Å². The monoisotopic (exact) mass is 319 g/mol. The number of carboxylic acid groups (broad SMARTS) is 1. The standard InChI is InChI=1S/C18H25NO4/c20-17(19-10-5-3-1-2-4-6-18(21)22)13-14-7-8-16-15(12-14)9-11-23-16/h7-8,12H,1-6,9-11,13H2,(H,19,20)(H,21,22). The van der Waals surface area contributed by atoms with Crippen LogP contribution in [0.4, 0.5) is 0 Å². The van der Waals surface area contributed by atoms with E-state index in [0.29, 0.717) is 13.0 Å². The topological polar surface area (TPSA) is 75.6 Å². The predicted octanol–water partition coefficient (Wildman–Crippen LogP) is 2.71. The van der Waals surface area contributed by atoms with Crippen molar-refractivity contribution in [2.75, 3.05) is 13.2 Å². The lowest BCUT2D eigenvalue weighted by Gasteiger charge is -2.06. The van der Waals surface area contributed by atoms with Crippen LogP contribution in [0.25, 0.3) is 0 Å². The average Bonchev–Trinajstić information content (AvgIpc) is 2.97. The molecule has 1 heterocycles. The first-order valence-corrected chi connectivity index (χ1v) is 8.38. The summed E-state index contributed by atoms with van der Waals surface area (Å²) in [5, 5.41) is 11.5. The number of carbonyl (C=O) groups is 2. The number of carboxylic acids is 1. The Morgan fingerprint density at radius 1 is 1.13 bits per heavy atom. The van der Waals surface area contributed by atoms with Gasteiger partial charge in [-0.25, -0.2) is 0 Å². The van der Waals surface area contributed by atoms with Gasteiger partial charge in [-0.15, -0.1) is 0 Å². The Morgan fingerprint density at radius 3 is 2.74 bits per heavy atom. The van der Waals surface area contributed by atoms with Crippen molar-refractivity contribution in [3.63, 3.8) is 0 Å². The van der Waals surface area contributed by atoms with Gasteiger partial charge in [0.15, 0.2) is 0 Å². The van der Waals surface area contributed by atoms with E-state index in [2.05, 4.69) is 11.4 Å². The highest BCUT2D eigenvalue weighted by atomic mass is 16.5. The number of rotatable bonds is 10. The fourth-order valence-corrected chi connectivity index (χ4v) is 2.76. The molecule has 0 saturated heterocycles. The van der Waals surface area contributed by atoms with Crippen molar-refractivity contribution >= 4 is 11.9 Å². The molecule has 5 nitrogen and oxygen atoms in total. The van der Waals surface area contributed by atoms with E-state index >= 15 is 0 Å². The maximum Gasteiger partial charge on any atom is 0.303 e. The molecule has 0 bridgehead atoms. The largest absolute Gasteiger partial charge is 0.493 e. The van der Waals surface area contributed by atoms with Crippen molar-refractivity contribution in [3.05, 3.63) is 29.3 Å². The molecule has 2 rings (SSSR count). The van der Waals surface area contributed by atoms with E-state index in [4.69, 9.17) is 9.84 Å². The lowest BCUT2D eigenvalue weighted by molar-refractivity contribution is -0.137. The number of amides is 1. The minimum atomic E-state index is -0.726. The Morgan fingerprint density at radius 2 is 1.91 bits per heavy atom. The number of nitrogens with one attached hydrogen (secondary N) is 1. The number of hydrogen-bond acceptors (Lipinski definition) is 3. The number of carbonyl (C=O) groups excluding carboxylic acids is 1. The molecule has 0 unspecified atom stereocenters. The Labute approximate surface area is 137 Å². The van der Waals surface area contributed by atoms with Crippen molar-refractivity contribution in [1.82, 2.24) is 5.32 Å². The number of hydrogen-bond donors (Lipinski definition) is 2. The van der Waals surface area contributed by atoms with Crippen molar-refractivity contribution < 1.29 is 19.4 Å². The van der Waals surface area contributed by atoms with Gasteiger partial charge in [-0.3, -0.25) is 9.59 Å². The zero-order chi connectivity index (χ0) is 16.5. The highest BCUT2D eigenvalue weighted by Crippen LogP contribution is 2.25. The molecule has 0 aromatic heterocycles. The molecule has 126 valence electrons. The van der Waals surface area contributed by atoms with Gasteiger partial charge in [0.1, 0.15) is 5.75 Å². The molecule has 0 fully saturated rings. The van der Waals surface area contributed by atoms with Gasteiger partial charge in [0.05, 0.1) is 13.0 Å². The predicted molar refractivity (Wildman–Crippen MR) is 87.7 cm³/mol. The van der Waals surface area contributed by atoms with E-state index in [-0.39, 0.29) is 12.3 Å². The van der Waals surface area contributed by atoms with Crippen molar-refractivity contribution in [3.8, 4) is 5.75 Å². The minimum absolute atomic E-state index is 0.0507. The summed E-state index contributed by atoms with van der Waals surface area (Å²) in [5.74, 6) is 0.266. The quantitative estimate of drug-likeness (QED) is 0.650. The van der Waals surface area contributed by atoms with Crippen LogP contribution in [0.2, 0.25) is 0 Å². The van der Waals surface area contributed by atoms with Crippen molar-refractivity contribution in [1.29, 1.82) is 0 Å². The molecule has 23 heavy (non-hydrogen) atoms. The molecule has 0 aliphatic carbocycles. The highest BCUT2D eigenvalue weighted by molar-refractivity contribution is 5.78. The van der Waals surface area contributed by atoms with Crippen LogP contribution in [0.5, 0.6) is 5.75 Å². The maximum atomic E-state index is 11.9. The van der Waals surface area contributed by atoms with Gasteiger partial charge in [-0.05, 0) is 30.0 Å². The van der Waals surface area contributed by atoms with Crippen LogP contribution in [-0.2, 0) is 22.4 Å². The van der Waals surface area contributed by atoms with E-state index in [1.54, 1.807) is 0 Å². The zero-order valence-corrected chi connectivity index (χ0v) is 13.5. The smallest absolute Gasteiger partial charge is 0.303 e. The van der Waals surface area contributed by atoms with E-state index in [1.165, 1.54) is 5.56 Å². The summed E-state index contributed by atoms with van der Waals surface area (Å²) in [6.07, 6.45) is 6.25. The molecule has 0 radical (unpaired) electrons. The van der Waals surface area contributed by atoms with Gasteiger partial charge < -0.3 is 15.2 Å². The van der Waals surface area contributed by atoms with Gasteiger partial charge in [-0.1, -0.05) is 31.4 Å². The average molecular weight is 319 g/mol. The third kappa shape index (κ3) is 6.30. The molecule has 1 aromatic carbocycles. The summed E-state index contributed by atoms with van der Waals surface area (Å²) in [7, 11) is 0. The number of ether oxygens (including phenoxy) is 1. The van der Waals surface area contributed by atoms with Crippen LogP contribution in [0.15, 0.2) is 18.2 Å². The zero-order valence-electron chi connectivity index (χ0n) is 13.5. The van der Waals surface area contributed by atoms with Gasteiger partial charge in [0.25, 0.3) is 0 Å². The Balaban J connectivity index is 1.54.